The summed E-state index contributed by atoms with van der Waals surface area (Å²) in [6.45, 7) is 7.51. The van der Waals surface area contributed by atoms with E-state index in [1.54, 1.807) is 6.08 Å². The highest BCUT2D eigenvalue weighted by atomic mass is 32.1. The molecule has 2 aromatic heterocycles. The Morgan fingerprint density at radius 2 is 1.69 bits per heavy atom. The predicted molar refractivity (Wildman–Crippen MR) is 136 cm³/mol. The van der Waals surface area contributed by atoms with Crippen molar-refractivity contribution < 1.29 is 14.2 Å². The lowest BCUT2D eigenvalue weighted by atomic mass is 10.1. The number of thiazole rings is 1. The Morgan fingerprint density at radius 3 is 2.40 bits per heavy atom. The standard InChI is InChI=1S/C26H27N3O5S/c1-4-13-34-19-10-7-17(8-11-19)14-20-24(30)27-26-29(28-20)25(31)23(35-26)16-18-9-12-21(32-5-2)22(15-18)33-6-3/h7-12,15-16H,4-6,13-14H2,1-3H3. The van der Waals surface area contributed by atoms with Gasteiger partial charge in [-0.1, -0.05) is 36.5 Å². The van der Waals surface area contributed by atoms with Crippen LogP contribution in [-0.4, -0.2) is 34.4 Å². The van der Waals surface area contributed by atoms with Gasteiger partial charge in [0.2, 0.25) is 4.96 Å². The summed E-state index contributed by atoms with van der Waals surface area (Å²) in [5.74, 6) is 2.03. The third-order valence-corrected chi connectivity index (χ3v) is 6.04. The fourth-order valence-electron chi connectivity index (χ4n) is 3.48. The Bertz CT molecular complexity index is 1480. The Balaban J connectivity index is 1.66. The topological polar surface area (TPSA) is 92.0 Å². The van der Waals surface area contributed by atoms with Gasteiger partial charge in [-0.15, -0.1) is 0 Å². The number of rotatable bonds is 10. The summed E-state index contributed by atoms with van der Waals surface area (Å²) in [5, 5.41) is 4.33. The number of benzene rings is 2. The molecule has 0 aliphatic carbocycles. The van der Waals surface area contributed by atoms with Crippen molar-refractivity contribution in [2.45, 2.75) is 33.6 Å². The van der Waals surface area contributed by atoms with Gasteiger partial charge >= 0.3 is 0 Å². The van der Waals surface area contributed by atoms with Crippen LogP contribution in [0.4, 0.5) is 0 Å². The Morgan fingerprint density at radius 1 is 0.943 bits per heavy atom. The van der Waals surface area contributed by atoms with Crippen LogP contribution in [0.2, 0.25) is 0 Å². The second kappa shape index (κ2) is 11.1. The molecule has 0 bridgehead atoms. The van der Waals surface area contributed by atoms with E-state index in [1.807, 2.05) is 63.2 Å². The molecule has 182 valence electrons. The highest BCUT2D eigenvalue weighted by Gasteiger charge is 2.12. The molecule has 9 heteroatoms. The smallest absolute Gasteiger partial charge is 0.296 e. The highest BCUT2D eigenvalue weighted by molar-refractivity contribution is 7.15. The molecule has 0 aliphatic heterocycles. The van der Waals surface area contributed by atoms with Crippen molar-refractivity contribution in [1.29, 1.82) is 0 Å². The summed E-state index contributed by atoms with van der Waals surface area (Å²) in [5.41, 5.74) is 1.10. The Kier molecular flexibility index (Phi) is 7.77. The van der Waals surface area contributed by atoms with Gasteiger partial charge in [0.25, 0.3) is 11.1 Å². The summed E-state index contributed by atoms with van der Waals surface area (Å²) in [6.07, 6.45) is 2.94. The fourth-order valence-corrected chi connectivity index (χ4v) is 4.38. The lowest BCUT2D eigenvalue weighted by Gasteiger charge is -2.11. The molecule has 0 atom stereocenters. The van der Waals surface area contributed by atoms with E-state index < -0.39 is 5.56 Å². The van der Waals surface area contributed by atoms with E-state index >= 15 is 0 Å². The van der Waals surface area contributed by atoms with Crippen molar-refractivity contribution in [2.75, 3.05) is 19.8 Å². The minimum absolute atomic E-state index is 0.214. The van der Waals surface area contributed by atoms with E-state index in [1.165, 1.54) is 4.52 Å². The zero-order valence-corrected chi connectivity index (χ0v) is 20.8. The third kappa shape index (κ3) is 5.68. The molecule has 8 nitrogen and oxygen atoms in total. The molecule has 0 fully saturated rings. The van der Waals surface area contributed by atoms with Gasteiger partial charge in [0.15, 0.2) is 11.5 Å². The molecule has 0 saturated heterocycles. The zero-order chi connectivity index (χ0) is 24.8. The van der Waals surface area contributed by atoms with Gasteiger partial charge in [-0.25, -0.2) is 0 Å². The molecule has 4 aromatic rings. The summed E-state index contributed by atoms with van der Waals surface area (Å²) >= 11 is 1.12. The van der Waals surface area contributed by atoms with E-state index in [4.69, 9.17) is 14.2 Å². The van der Waals surface area contributed by atoms with Crippen molar-refractivity contribution in [3.63, 3.8) is 0 Å². The molecule has 4 rings (SSSR count). The highest BCUT2D eigenvalue weighted by Crippen LogP contribution is 2.28. The van der Waals surface area contributed by atoms with Crippen LogP contribution < -0.4 is 29.9 Å². The van der Waals surface area contributed by atoms with Crippen LogP contribution >= 0.6 is 11.3 Å². The van der Waals surface area contributed by atoms with Gasteiger partial charge in [0.1, 0.15) is 11.4 Å². The molecular formula is C26H27N3O5S. The molecule has 0 amide bonds. The number of aromatic nitrogens is 3. The maximum absolute atomic E-state index is 13.0. The van der Waals surface area contributed by atoms with Crippen molar-refractivity contribution in [2.24, 2.45) is 0 Å². The third-order valence-electron chi connectivity index (χ3n) is 5.08. The van der Waals surface area contributed by atoms with Crippen LogP contribution in [0.3, 0.4) is 0 Å². The van der Waals surface area contributed by atoms with E-state index in [0.29, 0.717) is 35.9 Å². The van der Waals surface area contributed by atoms with Gasteiger partial charge in [-0.2, -0.15) is 14.6 Å². The van der Waals surface area contributed by atoms with Gasteiger partial charge in [-0.05, 0) is 61.7 Å². The molecule has 0 spiro atoms. The van der Waals surface area contributed by atoms with E-state index in [9.17, 15) is 9.59 Å². The molecule has 35 heavy (non-hydrogen) atoms. The van der Waals surface area contributed by atoms with Crippen LogP contribution in [0.15, 0.2) is 52.1 Å². The molecule has 2 aromatic carbocycles. The average Bonchev–Trinajstić information content (AvgIpc) is 3.14. The first-order valence-corrected chi connectivity index (χ1v) is 12.4. The minimum atomic E-state index is -0.441. The number of nitrogens with zero attached hydrogens (tertiary/aromatic N) is 3. The number of ether oxygens (including phenoxy) is 3. The number of hydrogen-bond acceptors (Lipinski definition) is 8. The van der Waals surface area contributed by atoms with E-state index in [0.717, 1.165) is 34.6 Å². The largest absolute Gasteiger partial charge is 0.494 e. The number of hydrogen-bond donors (Lipinski definition) is 0. The maximum Gasteiger partial charge on any atom is 0.296 e. The van der Waals surface area contributed by atoms with Crippen molar-refractivity contribution in [3.05, 3.63) is 84.5 Å². The minimum Gasteiger partial charge on any atom is -0.494 e. The molecule has 2 heterocycles. The molecule has 0 radical (unpaired) electrons. The van der Waals surface area contributed by atoms with Gasteiger partial charge in [0, 0.05) is 6.42 Å². The first-order chi connectivity index (χ1) is 17.0. The molecule has 0 saturated carbocycles. The first-order valence-electron chi connectivity index (χ1n) is 11.6. The zero-order valence-electron chi connectivity index (χ0n) is 19.9. The average molecular weight is 494 g/mol. The second-order valence-electron chi connectivity index (χ2n) is 7.72. The van der Waals surface area contributed by atoms with Gasteiger partial charge in [-0.3, -0.25) is 9.59 Å². The Labute approximate surface area is 206 Å². The van der Waals surface area contributed by atoms with E-state index in [-0.39, 0.29) is 22.6 Å². The van der Waals surface area contributed by atoms with Crippen molar-refractivity contribution in [1.82, 2.24) is 14.6 Å². The SMILES string of the molecule is CCCOc1ccc(Cc2nn3c(=O)c(=Cc4ccc(OCC)c(OCC)c4)sc3nc2=O)cc1. The van der Waals surface area contributed by atoms with Crippen molar-refractivity contribution >= 4 is 22.4 Å². The number of fused-ring (bicyclic) bond motifs is 1. The van der Waals surface area contributed by atoms with Gasteiger partial charge < -0.3 is 14.2 Å². The monoisotopic (exact) mass is 493 g/mol. The maximum atomic E-state index is 13.0. The van der Waals surface area contributed by atoms with Crippen LogP contribution in [0.1, 0.15) is 44.0 Å². The quantitative estimate of drug-likeness (QED) is 0.335. The molecule has 0 aliphatic rings. The molecule has 0 unspecified atom stereocenters. The van der Waals surface area contributed by atoms with Gasteiger partial charge in [0.05, 0.1) is 24.4 Å². The van der Waals surface area contributed by atoms with Crippen LogP contribution in [0.5, 0.6) is 17.2 Å². The second-order valence-corrected chi connectivity index (χ2v) is 8.72. The molecule has 0 N–H and O–H groups in total. The fraction of sp³-hybridized carbons (Fsp3) is 0.308. The summed E-state index contributed by atoms with van der Waals surface area (Å²) in [7, 11) is 0. The lowest BCUT2D eigenvalue weighted by molar-refractivity contribution is 0.287. The molecular weight excluding hydrogens is 466 g/mol. The van der Waals surface area contributed by atoms with Crippen LogP contribution in [0.25, 0.3) is 11.0 Å². The first kappa shape index (κ1) is 24.4. The lowest BCUT2D eigenvalue weighted by Crippen LogP contribution is -2.28. The Hall–Kier alpha value is -3.72. The normalized spacial score (nSPS) is 11.7. The summed E-state index contributed by atoms with van der Waals surface area (Å²) < 4.78 is 18.5. The predicted octanol–water partition coefficient (Wildman–Crippen LogP) is 3.24. The van der Waals surface area contributed by atoms with Crippen molar-refractivity contribution in [3.8, 4) is 17.2 Å². The summed E-state index contributed by atoms with van der Waals surface area (Å²) in [6, 6.07) is 13.0. The van der Waals surface area contributed by atoms with Crippen LogP contribution in [0, 0.1) is 0 Å². The summed E-state index contributed by atoms with van der Waals surface area (Å²) in [4.78, 5) is 30.0. The van der Waals surface area contributed by atoms with Crippen LogP contribution in [-0.2, 0) is 6.42 Å². The van der Waals surface area contributed by atoms with E-state index in [2.05, 4.69) is 10.1 Å².